The molecule has 1 saturated heterocycles. The van der Waals surface area contributed by atoms with Gasteiger partial charge in [0.25, 0.3) is 0 Å². The molecule has 0 radical (unpaired) electrons. The predicted molar refractivity (Wildman–Crippen MR) is 310 cm³/mol. The molecular weight excluding hydrogens is 943 g/mol. The molecule has 8 unspecified atom stereocenters. The smallest absolute Gasteiger partial charge is 0.306 e. The van der Waals surface area contributed by atoms with Crippen molar-refractivity contribution in [2.24, 2.45) is 0 Å². The zero-order valence-electron chi connectivity index (χ0n) is 46.9. The van der Waals surface area contributed by atoms with Gasteiger partial charge in [-0.1, -0.05) is 226 Å². The van der Waals surface area contributed by atoms with Gasteiger partial charge in [-0.05, 0) is 96.3 Å². The fourth-order valence-corrected chi connectivity index (χ4v) is 8.31. The second kappa shape index (κ2) is 50.9. The Kier molecular flexibility index (Phi) is 46.8. The molecule has 0 aromatic carbocycles. The van der Waals surface area contributed by atoms with E-state index in [1.54, 1.807) is 6.08 Å². The lowest BCUT2D eigenvalue weighted by Crippen LogP contribution is -2.61. The highest BCUT2D eigenvalue weighted by Crippen LogP contribution is 2.26. The van der Waals surface area contributed by atoms with Crippen LogP contribution in [0.25, 0.3) is 0 Å². The Morgan fingerprint density at radius 2 is 1.03 bits per heavy atom. The third-order valence-electron chi connectivity index (χ3n) is 12.9. The van der Waals surface area contributed by atoms with Crippen molar-refractivity contribution in [3.8, 4) is 0 Å². The lowest BCUT2D eigenvalue weighted by atomic mass is 9.99. The van der Waals surface area contributed by atoms with Gasteiger partial charge in [-0.25, -0.2) is 0 Å². The Morgan fingerprint density at radius 1 is 0.547 bits per heavy atom. The van der Waals surface area contributed by atoms with Crippen molar-refractivity contribution in [3.63, 3.8) is 0 Å². The molecule has 1 amide bonds. The van der Waals surface area contributed by atoms with E-state index in [0.717, 1.165) is 116 Å². The third-order valence-corrected chi connectivity index (χ3v) is 12.9. The molecule has 0 saturated carbocycles. The fourth-order valence-electron chi connectivity index (χ4n) is 8.31. The first kappa shape index (κ1) is 69.1. The summed E-state index contributed by atoms with van der Waals surface area (Å²) in [4.78, 5) is 26.5. The maximum atomic E-state index is 13.4. The SMILES string of the molecule is CC/C=C\C/C=C\C/C=C\C/C=C\C/C=C\C/C=C\CCCC(O)C(=O)NC(COC1OC(CO)C(O)C(O)C1OC(=O)CCCCCCCCC/C=C/C=C/C=C/CC)C(O)/C=C/CCCCCCCCCCC. The number of aliphatic hydroxyl groups is 5. The van der Waals surface area contributed by atoms with Crippen molar-refractivity contribution in [1.29, 1.82) is 0 Å². The number of nitrogens with one attached hydrogen (secondary N) is 1. The Hall–Kier alpha value is -3.94. The van der Waals surface area contributed by atoms with Crippen LogP contribution < -0.4 is 5.32 Å². The van der Waals surface area contributed by atoms with Crippen molar-refractivity contribution in [2.75, 3.05) is 13.2 Å². The van der Waals surface area contributed by atoms with Crippen LogP contribution in [0, 0.1) is 0 Å². The number of rotatable bonds is 47. The standard InChI is InChI=1S/C64H105NO10/c1-4-7-10-13-16-19-22-24-26-27-28-29-30-32-33-36-39-42-45-48-51-57(68)63(72)65-55(56(67)50-47-44-41-38-35-21-18-15-12-9-6-3)54-73-64-62(61(71)60(70)58(53-66)74-64)75-59(69)52-49-46-43-40-37-34-31-25-23-20-17-14-11-8-5-2/h7-8,10-11,14,16-17,19-20,23-24,26,28-29,32-33,39,42,47,50,55-58,60-62,64,66-68,70-71H,4-6,9,12-13,15,18,21-22,25,27,30-31,34-38,40-41,43-46,48-49,51-54H2,1-3H3,(H,65,72)/b10-7-,11-8+,17-14+,19-16-,23-20+,26-24-,29-28-,33-32-,42-39-,50-47+. The molecule has 11 heteroatoms. The molecule has 0 bridgehead atoms. The van der Waals surface area contributed by atoms with Crippen LogP contribution in [0.2, 0.25) is 0 Å². The number of ether oxygens (including phenoxy) is 3. The number of esters is 1. The summed E-state index contributed by atoms with van der Waals surface area (Å²) >= 11 is 0. The van der Waals surface area contributed by atoms with Crippen LogP contribution in [-0.2, 0) is 23.8 Å². The quantitative estimate of drug-likeness (QED) is 0.0149. The van der Waals surface area contributed by atoms with E-state index in [9.17, 15) is 35.1 Å². The van der Waals surface area contributed by atoms with Crippen LogP contribution in [0.15, 0.2) is 122 Å². The third kappa shape index (κ3) is 39.1. The van der Waals surface area contributed by atoms with Gasteiger partial charge in [0.15, 0.2) is 12.4 Å². The topological polar surface area (TPSA) is 175 Å². The molecule has 0 aromatic rings. The first-order valence-corrected chi connectivity index (χ1v) is 29.3. The summed E-state index contributed by atoms with van der Waals surface area (Å²) in [7, 11) is 0. The van der Waals surface area contributed by atoms with Crippen molar-refractivity contribution in [1.82, 2.24) is 5.32 Å². The minimum Gasteiger partial charge on any atom is -0.454 e. The van der Waals surface area contributed by atoms with E-state index in [4.69, 9.17) is 14.2 Å². The van der Waals surface area contributed by atoms with Gasteiger partial charge in [-0.3, -0.25) is 9.59 Å². The van der Waals surface area contributed by atoms with Gasteiger partial charge in [0, 0.05) is 6.42 Å². The molecule has 8 atom stereocenters. The normalized spacial score (nSPS) is 20.1. The summed E-state index contributed by atoms with van der Waals surface area (Å²) in [6.45, 7) is 5.48. The Balaban J connectivity index is 2.75. The molecule has 1 heterocycles. The molecular formula is C64H105NO10. The summed E-state index contributed by atoms with van der Waals surface area (Å²) < 4.78 is 17.5. The van der Waals surface area contributed by atoms with Crippen molar-refractivity contribution in [3.05, 3.63) is 122 Å². The van der Waals surface area contributed by atoms with Crippen LogP contribution in [0.1, 0.15) is 207 Å². The maximum Gasteiger partial charge on any atom is 0.306 e. The van der Waals surface area contributed by atoms with Crippen LogP contribution in [0.3, 0.4) is 0 Å². The molecule has 11 nitrogen and oxygen atoms in total. The molecule has 6 N–H and O–H groups in total. The summed E-state index contributed by atoms with van der Waals surface area (Å²) in [5.41, 5.74) is 0. The Morgan fingerprint density at radius 3 is 1.57 bits per heavy atom. The number of hydrogen-bond donors (Lipinski definition) is 6. The minimum atomic E-state index is -1.63. The number of aliphatic hydroxyl groups excluding tert-OH is 5. The second-order valence-electron chi connectivity index (χ2n) is 19.7. The van der Waals surface area contributed by atoms with Crippen LogP contribution >= 0.6 is 0 Å². The predicted octanol–water partition coefficient (Wildman–Crippen LogP) is 13.5. The first-order chi connectivity index (χ1) is 36.7. The fraction of sp³-hybridized carbons (Fsp3) is 0.656. The monoisotopic (exact) mass is 1050 g/mol. The molecule has 75 heavy (non-hydrogen) atoms. The number of amides is 1. The zero-order valence-corrected chi connectivity index (χ0v) is 46.9. The van der Waals surface area contributed by atoms with Crippen molar-refractivity contribution < 1.29 is 49.3 Å². The number of allylic oxidation sites excluding steroid dienone is 19. The van der Waals surface area contributed by atoms with Gasteiger partial charge in [0.05, 0.1) is 25.4 Å². The number of carbonyl (C=O) groups excluding carboxylic acids is 2. The van der Waals surface area contributed by atoms with E-state index in [1.807, 2.05) is 24.3 Å². The second-order valence-corrected chi connectivity index (χ2v) is 19.7. The van der Waals surface area contributed by atoms with E-state index >= 15 is 0 Å². The van der Waals surface area contributed by atoms with Gasteiger partial charge < -0.3 is 45.1 Å². The summed E-state index contributed by atoms with van der Waals surface area (Å²) in [5, 5.41) is 56.8. The van der Waals surface area contributed by atoms with Crippen LogP contribution in [-0.4, -0.2) is 99.6 Å². The highest BCUT2D eigenvalue weighted by Gasteiger charge is 2.47. The van der Waals surface area contributed by atoms with E-state index in [-0.39, 0.29) is 19.4 Å². The number of unbranched alkanes of at least 4 members (excludes halogenated alkanes) is 17. The Labute approximate surface area is 455 Å². The maximum absolute atomic E-state index is 13.4. The lowest BCUT2D eigenvalue weighted by molar-refractivity contribution is -0.305. The van der Waals surface area contributed by atoms with Crippen LogP contribution in [0.4, 0.5) is 0 Å². The molecule has 1 rings (SSSR count). The molecule has 0 aromatic heterocycles. The van der Waals surface area contributed by atoms with Gasteiger partial charge in [0.1, 0.15) is 24.4 Å². The highest BCUT2D eigenvalue weighted by molar-refractivity contribution is 5.80. The summed E-state index contributed by atoms with van der Waals surface area (Å²) in [6.07, 6.45) is 59.6. The molecule has 1 fully saturated rings. The Bertz CT molecular complexity index is 1680. The summed E-state index contributed by atoms with van der Waals surface area (Å²) in [6, 6.07) is -1.06. The average Bonchev–Trinajstić information content (AvgIpc) is 3.41. The molecule has 0 aliphatic carbocycles. The lowest BCUT2D eigenvalue weighted by Gasteiger charge is -2.41. The van der Waals surface area contributed by atoms with Crippen LogP contribution in [0.5, 0.6) is 0 Å². The van der Waals surface area contributed by atoms with E-state index in [2.05, 4.69) is 117 Å². The van der Waals surface area contributed by atoms with Gasteiger partial charge >= 0.3 is 5.97 Å². The number of hydrogen-bond acceptors (Lipinski definition) is 10. The van der Waals surface area contributed by atoms with E-state index < -0.39 is 67.4 Å². The molecule has 426 valence electrons. The zero-order chi connectivity index (χ0) is 54.7. The number of carbonyl (C=O) groups is 2. The largest absolute Gasteiger partial charge is 0.454 e. The van der Waals surface area contributed by atoms with Crippen molar-refractivity contribution in [2.45, 2.75) is 256 Å². The average molecular weight is 1050 g/mol. The van der Waals surface area contributed by atoms with Gasteiger partial charge in [0.2, 0.25) is 5.91 Å². The minimum absolute atomic E-state index is 0.0976. The summed E-state index contributed by atoms with van der Waals surface area (Å²) in [5.74, 6) is -1.27. The van der Waals surface area contributed by atoms with Crippen molar-refractivity contribution >= 4 is 11.9 Å². The molecule has 1 aliphatic rings. The molecule has 1 aliphatic heterocycles. The van der Waals surface area contributed by atoms with E-state index in [0.29, 0.717) is 19.3 Å². The first-order valence-electron chi connectivity index (χ1n) is 29.3. The molecule has 0 spiro atoms. The highest BCUT2D eigenvalue weighted by atomic mass is 16.7. The van der Waals surface area contributed by atoms with Gasteiger partial charge in [-0.15, -0.1) is 0 Å². The van der Waals surface area contributed by atoms with Gasteiger partial charge in [-0.2, -0.15) is 0 Å². The van der Waals surface area contributed by atoms with E-state index in [1.165, 1.54) is 38.5 Å².